The van der Waals surface area contributed by atoms with E-state index in [9.17, 15) is 8.78 Å². The number of anilines is 3. The molecule has 2 rings (SSSR count). The van der Waals surface area contributed by atoms with Crippen molar-refractivity contribution in [3.8, 4) is 6.07 Å². The van der Waals surface area contributed by atoms with Gasteiger partial charge in [-0.1, -0.05) is 0 Å². The van der Waals surface area contributed by atoms with Crippen molar-refractivity contribution in [2.24, 2.45) is 0 Å². The first-order valence-electron chi connectivity index (χ1n) is 5.22. The van der Waals surface area contributed by atoms with Crippen LogP contribution in [0.1, 0.15) is 5.56 Å². The number of halogens is 3. The van der Waals surface area contributed by atoms with Crippen molar-refractivity contribution in [2.45, 2.75) is 0 Å². The molecule has 0 aliphatic heterocycles. The Morgan fingerprint density at radius 3 is 2.53 bits per heavy atom. The average Bonchev–Trinajstić information content (AvgIpc) is 2.36. The number of hydrogen-bond acceptors (Lipinski definition) is 3. The maximum atomic E-state index is 13.6. The predicted octanol–water partition coefficient (Wildman–Crippen LogP) is 3.92. The molecule has 2 aromatic carbocycles. The Bertz CT molecular complexity index is 680. The van der Waals surface area contributed by atoms with Gasteiger partial charge in [-0.05, 0) is 40.2 Å². The zero-order valence-corrected chi connectivity index (χ0v) is 11.1. The maximum absolute atomic E-state index is 13.6. The van der Waals surface area contributed by atoms with Gasteiger partial charge in [0, 0.05) is 11.8 Å². The van der Waals surface area contributed by atoms with Crippen molar-refractivity contribution in [3.05, 3.63) is 52.0 Å². The predicted molar refractivity (Wildman–Crippen MR) is 72.9 cm³/mol. The first kappa shape index (κ1) is 13.3. The average molecular weight is 324 g/mol. The molecule has 0 unspecified atom stereocenters. The monoisotopic (exact) mass is 323 g/mol. The molecule has 0 saturated heterocycles. The van der Waals surface area contributed by atoms with Crippen molar-refractivity contribution in [2.75, 3.05) is 11.1 Å². The molecule has 6 heteroatoms. The smallest absolute Gasteiger partial charge is 0.149 e. The molecule has 0 aromatic heterocycles. The highest BCUT2D eigenvalue weighted by Gasteiger charge is 2.09. The van der Waals surface area contributed by atoms with Gasteiger partial charge in [0.05, 0.1) is 21.4 Å². The molecule has 0 fully saturated rings. The van der Waals surface area contributed by atoms with Crippen molar-refractivity contribution >= 4 is 33.0 Å². The lowest BCUT2D eigenvalue weighted by molar-refractivity contribution is 0.581. The number of hydrogen-bond donors (Lipinski definition) is 2. The lowest BCUT2D eigenvalue weighted by atomic mass is 10.1. The van der Waals surface area contributed by atoms with E-state index >= 15 is 0 Å². The van der Waals surface area contributed by atoms with Crippen LogP contribution in [0.3, 0.4) is 0 Å². The summed E-state index contributed by atoms with van der Waals surface area (Å²) in [7, 11) is 0. The molecule has 3 nitrogen and oxygen atoms in total. The number of nitrogen functional groups attached to an aromatic ring is 1. The second kappa shape index (κ2) is 5.24. The number of nitrogens with two attached hydrogens (primary N) is 1. The molecule has 3 N–H and O–H groups in total. The Balaban J connectivity index is 2.34. The van der Waals surface area contributed by atoms with Gasteiger partial charge >= 0.3 is 0 Å². The number of rotatable bonds is 2. The summed E-state index contributed by atoms with van der Waals surface area (Å²) >= 11 is 2.98. The molecular formula is C13H8BrF2N3. The summed E-state index contributed by atoms with van der Waals surface area (Å²) in [4.78, 5) is 0. The molecule has 2 aromatic rings. The lowest BCUT2D eigenvalue weighted by Crippen LogP contribution is -1.97. The SMILES string of the molecule is N#Cc1ccc(Nc2cc(Br)c(F)cc2F)cc1N. The van der Waals surface area contributed by atoms with Gasteiger partial charge in [-0.25, -0.2) is 8.78 Å². The first-order chi connectivity index (χ1) is 9.01. The summed E-state index contributed by atoms with van der Waals surface area (Å²) in [5.74, 6) is -1.40. The van der Waals surface area contributed by atoms with Crippen LogP contribution < -0.4 is 11.1 Å². The topological polar surface area (TPSA) is 61.8 Å². The van der Waals surface area contributed by atoms with E-state index in [1.807, 2.05) is 6.07 Å². The fraction of sp³-hybridized carbons (Fsp3) is 0. The summed E-state index contributed by atoms with van der Waals surface area (Å²) in [6, 6.07) is 8.62. The minimum absolute atomic E-state index is 0.109. The standard InChI is InChI=1S/C13H8BrF2N3/c14-9-4-13(11(16)5-10(9)15)19-8-2-1-7(6-17)12(18)3-8/h1-5,19H,18H2. The molecule has 0 radical (unpaired) electrons. The normalized spacial score (nSPS) is 10.0. The molecule has 96 valence electrons. The van der Waals surface area contributed by atoms with E-state index in [1.54, 1.807) is 6.07 Å². The third kappa shape index (κ3) is 2.83. The van der Waals surface area contributed by atoms with Crippen LogP contribution in [0.2, 0.25) is 0 Å². The number of nitrogens with one attached hydrogen (secondary N) is 1. The molecule has 0 amide bonds. The quantitative estimate of drug-likeness (QED) is 0.650. The van der Waals surface area contributed by atoms with Gasteiger partial charge in [0.1, 0.15) is 17.7 Å². The highest BCUT2D eigenvalue weighted by atomic mass is 79.9. The third-order valence-electron chi connectivity index (χ3n) is 2.46. The number of nitriles is 1. The van der Waals surface area contributed by atoms with Gasteiger partial charge in [-0.3, -0.25) is 0 Å². The van der Waals surface area contributed by atoms with Crippen LogP contribution in [0.5, 0.6) is 0 Å². The van der Waals surface area contributed by atoms with Crippen molar-refractivity contribution in [3.63, 3.8) is 0 Å². The van der Waals surface area contributed by atoms with Crippen LogP contribution in [0, 0.1) is 23.0 Å². The number of nitrogens with zero attached hydrogens (tertiary/aromatic N) is 1. The summed E-state index contributed by atoms with van der Waals surface area (Å²) in [5, 5.41) is 11.5. The van der Waals surface area contributed by atoms with E-state index in [0.717, 1.165) is 6.07 Å². The van der Waals surface area contributed by atoms with Crippen LogP contribution in [0.25, 0.3) is 0 Å². The van der Waals surface area contributed by atoms with Crippen molar-refractivity contribution in [1.29, 1.82) is 5.26 Å². The molecule has 0 atom stereocenters. The van der Waals surface area contributed by atoms with E-state index < -0.39 is 11.6 Å². The maximum Gasteiger partial charge on any atom is 0.149 e. The van der Waals surface area contributed by atoms with Crippen molar-refractivity contribution < 1.29 is 8.78 Å². The molecule has 0 heterocycles. The summed E-state index contributed by atoms with van der Waals surface area (Å²) in [5.41, 5.74) is 6.89. The van der Waals surface area contributed by atoms with Crippen LogP contribution in [0.4, 0.5) is 25.8 Å². The Labute approximate surface area is 116 Å². The van der Waals surface area contributed by atoms with Gasteiger partial charge in [0.25, 0.3) is 0 Å². The van der Waals surface area contributed by atoms with Gasteiger partial charge in [0.2, 0.25) is 0 Å². The van der Waals surface area contributed by atoms with E-state index in [4.69, 9.17) is 11.0 Å². The summed E-state index contributed by atoms with van der Waals surface area (Å²) in [6.07, 6.45) is 0. The van der Waals surface area contributed by atoms with Crippen molar-refractivity contribution in [1.82, 2.24) is 0 Å². The Hall–Kier alpha value is -2.13. The fourth-order valence-electron chi connectivity index (χ4n) is 1.52. The van der Waals surface area contributed by atoms with Crippen LogP contribution in [-0.2, 0) is 0 Å². The second-order valence-corrected chi connectivity index (χ2v) is 4.64. The minimum Gasteiger partial charge on any atom is -0.398 e. The van der Waals surface area contributed by atoms with E-state index in [1.165, 1.54) is 18.2 Å². The zero-order valence-electron chi connectivity index (χ0n) is 9.55. The molecule has 0 aliphatic carbocycles. The van der Waals surface area contributed by atoms with Gasteiger partial charge in [0.15, 0.2) is 0 Å². The van der Waals surface area contributed by atoms with E-state index in [-0.39, 0.29) is 15.8 Å². The molecule has 0 spiro atoms. The second-order valence-electron chi connectivity index (χ2n) is 3.78. The van der Waals surface area contributed by atoms with Gasteiger partial charge < -0.3 is 11.1 Å². The van der Waals surface area contributed by atoms with Gasteiger partial charge in [-0.2, -0.15) is 5.26 Å². The van der Waals surface area contributed by atoms with E-state index in [2.05, 4.69) is 21.2 Å². The van der Waals surface area contributed by atoms with Crippen LogP contribution in [0.15, 0.2) is 34.8 Å². The molecular weight excluding hydrogens is 316 g/mol. The Kier molecular flexibility index (Phi) is 3.67. The van der Waals surface area contributed by atoms with E-state index in [0.29, 0.717) is 11.3 Å². The molecule has 0 bridgehead atoms. The molecule has 19 heavy (non-hydrogen) atoms. The van der Waals surface area contributed by atoms with Crippen LogP contribution >= 0.6 is 15.9 Å². The summed E-state index contributed by atoms with van der Waals surface area (Å²) in [6.45, 7) is 0. The molecule has 0 aliphatic rings. The molecule has 0 saturated carbocycles. The lowest BCUT2D eigenvalue weighted by Gasteiger charge is -2.09. The third-order valence-corrected chi connectivity index (χ3v) is 3.07. The fourth-order valence-corrected chi connectivity index (χ4v) is 1.86. The highest BCUT2D eigenvalue weighted by Crippen LogP contribution is 2.27. The van der Waals surface area contributed by atoms with Crippen LogP contribution in [-0.4, -0.2) is 0 Å². The number of benzene rings is 2. The first-order valence-corrected chi connectivity index (χ1v) is 6.01. The minimum atomic E-state index is -0.719. The Morgan fingerprint density at radius 2 is 1.89 bits per heavy atom. The Morgan fingerprint density at radius 1 is 1.16 bits per heavy atom. The van der Waals surface area contributed by atoms with Gasteiger partial charge in [-0.15, -0.1) is 0 Å². The summed E-state index contributed by atoms with van der Waals surface area (Å²) < 4.78 is 26.8. The largest absolute Gasteiger partial charge is 0.398 e. The highest BCUT2D eigenvalue weighted by molar-refractivity contribution is 9.10. The zero-order chi connectivity index (χ0) is 14.0.